The minimum absolute atomic E-state index is 0.122. The van der Waals surface area contributed by atoms with Gasteiger partial charge in [0.1, 0.15) is 12.4 Å². The third-order valence-electron chi connectivity index (χ3n) is 2.15. The van der Waals surface area contributed by atoms with Crippen molar-refractivity contribution in [1.29, 1.82) is 0 Å². The standard InChI is InChI=1S/C13H9BrF2O/c14-10-5-9(6-11(15)7-10)8-17-13-4-2-1-3-12(13)16/h1-7H,8H2. The largest absolute Gasteiger partial charge is 0.486 e. The van der Waals surface area contributed by atoms with E-state index in [0.717, 1.165) is 0 Å². The average molecular weight is 299 g/mol. The summed E-state index contributed by atoms with van der Waals surface area (Å²) in [6, 6.07) is 10.5. The van der Waals surface area contributed by atoms with E-state index in [1.165, 1.54) is 24.3 Å². The van der Waals surface area contributed by atoms with E-state index in [9.17, 15) is 8.78 Å². The third-order valence-corrected chi connectivity index (χ3v) is 2.61. The van der Waals surface area contributed by atoms with Gasteiger partial charge in [-0.1, -0.05) is 28.1 Å². The van der Waals surface area contributed by atoms with Gasteiger partial charge in [0.25, 0.3) is 0 Å². The second-order valence-corrected chi connectivity index (χ2v) is 4.41. The van der Waals surface area contributed by atoms with Crippen LogP contribution in [-0.4, -0.2) is 0 Å². The molecule has 0 aromatic heterocycles. The fourth-order valence-corrected chi connectivity index (χ4v) is 1.93. The van der Waals surface area contributed by atoms with E-state index < -0.39 is 5.82 Å². The molecule has 0 saturated heterocycles. The Morgan fingerprint density at radius 3 is 2.53 bits per heavy atom. The maximum atomic E-state index is 13.2. The maximum absolute atomic E-state index is 13.2. The van der Waals surface area contributed by atoms with Gasteiger partial charge in [0.15, 0.2) is 11.6 Å². The first-order valence-electron chi connectivity index (χ1n) is 4.97. The summed E-state index contributed by atoms with van der Waals surface area (Å²) in [5.41, 5.74) is 0.639. The first-order chi connectivity index (χ1) is 8.15. The van der Waals surface area contributed by atoms with Gasteiger partial charge in [-0.3, -0.25) is 0 Å². The van der Waals surface area contributed by atoms with Gasteiger partial charge in [-0.25, -0.2) is 8.78 Å². The van der Waals surface area contributed by atoms with E-state index in [2.05, 4.69) is 15.9 Å². The van der Waals surface area contributed by atoms with Crippen LogP contribution in [0.1, 0.15) is 5.56 Å². The lowest BCUT2D eigenvalue weighted by molar-refractivity contribution is 0.289. The van der Waals surface area contributed by atoms with Crippen LogP contribution in [0.3, 0.4) is 0 Å². The van der Waals surface area contributed by atoms with Gasteiger partial charge in [-0.05, 0) is 35.9 Å². The van der Waals surface area contributed by atoms with Crippen molar-refractivity contribution >= 4 is 15.9 Å². The first kappa shape index (κ1) is 12.0. The average Bonchev–Trinajstić information content (AvgIpc) is 2.27. The quantitative estimate of drug-likeness (QED) is 0.820. The summed E-state index contributed by atoms with van der Waals surface area (Å²) < 4.78 is 32.2. The predicted octanol–water partition coefficient (Wildman–Crippen LogP) is 4.31. The molecule has 0 saturated carbocycles. The van der Waals surface area contributed by atoms with E-state index in [1.807, 2.05) is 0 Å². The summed E-state index contributed by atoms with van der Waals surface area (Å²) in [4.78, 5) is 0. The zero-order valence-electron chi connectivity index (χ0n) is 8.79. The number of para-hydroxylation sites is 1. The number of rotatable bonds is 3. The van der Waals surface area contributed by atoms with Crippen LogP contribution in [0.2, 0.25) is 0 Å². The van der Waals surface area contributed by atoms with Crippen molar-refractivity contribution in [3.63, 3.8) is 0 Å². The van der Waals surface area contributed by atoms with Crippen LogP contribution in [0.15, 0.2) is 46.9 Å². The number of halogens is 3. The molecule has 88 valence electrons. The minimum atomic E-state index is -0.428. The van der Waals surface area contributed by atoms with Gasteiger partial charge < -0.3 is 4.74 Å². The molecule has 0 radical (unpaired) electrons. The second-order valence-electron chi connectivity index (χ2n) is 3.50. The van der Waals surface area contributed by atoms with Gasteiger partial charge in [0.2, 0.25) is 0 Å². The predicted molar refractivity (Wildman–Crippen MR) is 64.8 cm³/mol. The summed E-state index contributed by atoms with van der Waals surface area (Å²) in [6.45, 7) is 0.122. The Kier molecular flexibility index (Phi) is 3.74. The van der Waals surface area contributed by atoms with Gasteiger partial charge in [-0.2, -0.15) is 0 Å². The molecule has 0 amide bonds. The van der Waals surface area contributed by atoms with Crippen LogP contribution in [-0.2, 0) is 6.61 Å². The summed E-state index contributed by atoms with van der Waals surface area (Å²) >= 11 is 3.18. The van der Waals surface area contributed by atoms with E-state index in [-0.39, 0.29) is 18.2 Å². The lowest BCUT2D eigenvalue weighted by Crippen LogP contribution is -1.97. The molecule has 0 aliphatic heterocycles. The monoisotopic (exact) mass is 298 g/mol. The summed E-state index contributed by atoms with van der Waals surface area (Å²) in [7, 11) is 0. The molecule has 0 N–H and O–H groups in total. The lowest BCUT2D eigenvalue weighted by atomic mass is 10.2. The van der Waals surface area contributed by atoms with Crippen molar-refractivity contribution in [3.8, 4) is 5.75 Å². The highest BCUT2D eigenvalue weighted by Gasteiger charge is 2.03. The molecule has 0 bridgehead atoms. The maximum Gasteiger partial charge on any atom is 0.165 e. The normalized spacial score (nSPS) is 10.3. The summed E-state index contributed by atoms with van der Waals surface area (Å²) in [5.74, 6) is -0.623. The Labute approximate surface area is 106 Å². The van der Waals surface area contributed by atoms with Crippen LogP contribution in [0, 0.1) is 11.6 Å². The highest BCUT2D eigenvalue weighted by molar-refractivity contribution is 9.10. The van der Waals surface area contributed by atoms with Gasteiger partial charge in [0, 0.05) is 4.47 Å². The molecular formula is C13H9BrF2O. The van der Waals surface area contributed by atoms with Crippen LogP contribution in [0.5, 0.6) is 5.75 Å². The SMILES string of the molecule is Fc1cc(Br)cc(COc2ccccc2F)c1. The van der Waals surface area contributed by atoms with Gasteiger partial charge in [0.05, 0.1) is 0 Å². The van der Waals surface area contributed by atoms with Crippen molar-refractivity contribution < 1.29 is 13.5 Å². The zero-order chi connectivity index (χ0) is 12.3. The second kappa shape index (κ2) is 5.27. The molecular weight excluding hydrogens is 290 g/mol. The molecule has 0 atom stereocenters. The van der Waals surface area contributed by atoms with Crippen molar-refractivity contribution in [2.24, 2.45) is 0 Å². The third kappa shape index (κ3) is 3.27. The van der Waals surface area contributed by atoms with Gasteiger partial charge >= 0.3 is 0 Å². The number of hydrogen-bond acceptors (Lipinski definition) is 1. The molecule has 0 fully saturated rings. The van der Waals surface area contributed by atoms with Crippen molar-refractivity contribution in [3.05, 3.63) is 64.1 Å². The molecule has 0 aliphatic rings. The number of benzene rings is 2. The number of hydrogen-bond donors (Lipinski definition) is 0. The Morgan fingerprint density at radius 1 is 1.06 bits per heavy atom. The molecule has 0 aliphatic carbocycles. The molecule has 1 nitrogen and oxygen atoms in total. The molecule has 4 heteroatoms. The van der Waals surface area contributed by atoms with E-state index >= 15 is 0 Å². The Balaban J connectivity index is 2.10. The molecule has 17 heavy (non-hydrogen) atoms. The van der Waals surface area contributed by atoms with Crippen LogP contribution >= 0.6 is 15.9 Å². The minimum Gasteiger partial charge on any atom is -0.486 e. The van der Waals surface area contributed by atoms with Crippen LogP contribution < -0.4 is 4.74 Å². The molecule has 2 rings (SSSR count). The highest BCUT2D eigenvalue weighted by atomic mass is 79.9. The smallest absolute Gasteiger partial charge is 0.165 e. The van der Waals surface area contributed by atoms with Crippen molar-refractivity contribution in [1.82, 2.24) is 0 Å². The molecule has 0 heterocycles. The van der Waals surface area contributed by atoms with Crippen LogP contribution in [0.25, 0.3) is 0 Å². The van der Waals surface area contributed by atoms with E-state index in [0.29, 0.717) is 10.0 Å². The molecule has 0 unspecified atom stereocenters. The summed E-state index contributed by atoms with van der Waals surface area (Å²) in [5, 5.41) is 0. The zero-order valence-corrected chi connectivity index (χ0v) is 10.4. The molecule has 2 aromatic rings. The van der Waals surface area contributed by atoms with Crippen molar-refractivity contribution in [2.45, 2.75) is 6.61 Å². The fourth-order valence-electron chi connectivity index (χ4n) is 1.42. The first-order valence-corrected chi connectivity index (χ1v) is 5.77. The highest BCUT2D eigenvalue weighted by Crippen LogP contribution is 2.19. The van der Waals surface area contributed by atoms with Crippen LogP contribution in [0.4, 0.5) is 8.78 Å². The van der Waals surface area contributed by atoms with Crippen molar-refractivity contribution in [2.75, 3.05) is 0 Å². The van der Waals surface area contributed by atoms with Gasteiger partial charge in [-0.15, -0.1) is 0 Å². The molecule has 2 aromatic carbocycles. The topological polar surface area (TPSA) is 9.23 Å². The summed E-state index contributed by atoms with van der Waals surface area (Å²) in [6.07, 6.45) is 0. The van der Waals surface area contributed by atoms with E-state index in [4.69, 9.17) is 4.74 Å². The van der Waals surface area contributed by atoms with E-state index in [1.54, 1.807) is 18.2 Å². The lowest BCUT2D eigenvalue weighted by Gasteiger charge is -2.07. The fraction of sp³-hybridized carbons (Fsp3) is 0.0769. The number of ether oxygens (including phenoxy) is 1. The molecule has 0 spiro atoms. The Morgan fingerprint density at radius 2 is 1.82 bits per heavy atom. The Hall–Kier alpha value is -1.42. The Bertz CT molecular complexity index is 508.